The van der Waals surface area contributed by atoms with Crippen molar-refractivity contribution in [3.05, 3.63) is 29.3 Å². The molecule has 0 unspecified atom stereocenters. The van der Waals surface area contributed by atoms with Gasteiger partial charge in [0, 0.05) is 51.4 Å². The normalized spacial score (nSPS) is 19.3. The van der Waals surface area contributed by atoms with E-state index >= 15 is 0 Å². The Balaban J connectivity index is 1.50. The minimum Gasteiger partial charge on any atom is -0.368 e. The van der Waals surface area contributed by atoms with Crippen LogP contribution in [0.3, 0.4) is 0 Å². The summed E-state index contributed by atoms with van der Waals surface area (Å²) in [5.41, 5.74) is 3.79. The van der Waals surface area contributed by atoms with E-state index in [1.54, 1.807) is 4.31 Å². The number of rotatable bonds is 5. The summed E-state index contributed by atoms with van der Waals surface area (Å²) < 4.78 is 26.4. The SMILES string of the molecule is Cc1cccc(N2CCN(C(=O)CCS(=O)(=O)N3CCCCC3)CC2)c1C. The summed E-state index contributed by atoms with van der Waals surface area (Å²) in [6, 6.07) is 6.31. The van der Waals surface area contributed by atoms with Gasteiger partial charge >= 0.3 is 0 Å². The Morgan fingerprint density at radius 2 is 1.63 bits per heavy atom. The maximum Gasteiger partial charge on any atom is 0.223 e. The van der Waals surface area contributed by atoms with E-state index in [4.69, 9.17) is 0 Å². The van der Waals surface area contributed by atoms with Crippen molar-refractivity contribution in [3.63, 3.8) is 0 Å². The van der Waals surface area contributed by atoms with Crippen molar-refractivity contribution in [1.82, 2.24) is 9.21 Å². The molecular weight excluding hydrogens is 362 g/mol. The van der Waals surface area contributed by atoms with Crippen molar-refractivity contribution >= 4 is 21.6 Å². The predicted octanol–water partition coefficient (Wildman–Crippen LogP) is 2.16. The van der Waals surface area contributed by atoms with Crippen molar-refractivity contribution in [3.8, 4) is 0 Å². The zero-order valence-electron chi connectivity index (χ0n) is 16.5. The van der Waals surface area contributed by atoms with E-state index in [-0.39, 0.29) is 18.1 Å². The lowest BCUT2D eigenvalue weighted by molar-refractivity contribution is -0.131. The minimum atomic E-state index is -3.31. The van der Waals surface area contributed by atoms with E-state index in [1.165, 1.54) is 16.8 Å². The lowest BCUT2D eigenvalue weighted by Gasteiger charge is -2.37. The fourth-order valence-corrected chi connectivity index (χ4v) is 5.43. The molecule has 1 aromatic carbocycles. The maximum atomic E-state index is 12.5. The Hall–Kier alpha value is -1.60. The molecule has 0 aromatic heterocycles. The molecular formula is C20H31N3O3S. The summed E-state index contributed by atoms with van der Waals surface area (Å²) in [6.07, 6.45) is 3.03. The van der Waals surface area contributed by atoms with Crippen LogP contribution in [0.15, 0.2) is 18.2 Å². The van der Waals surface area contributed by atoms with Gasteiger partial charge < -0.3 is 9.80 Å². The van der Waals surface area contributed by atoms with Gasteiger partial charge in [0.25, 0.3) is 0 Å². The fraction of sp³-hybridized carbons (Fsp3) is 0.650. The number of hydrogen-bond donors (Lipinski definition) is 0. The van der Waals surface area contributed by atoms with Gasteiger partial charge in [0.05, 0.1) is 5.75 Å². The van der Waals surface area contributed by atoms with Crippen molar-refractivity contribution in [2.24, 2.45) is 0 Å². The lowest BCUT2D eigenvalue weighted by Crippen LogP contribution is -2.49. The molecule has 7 heteroatoms. The Morgan fingerprint density at radius 3 is 2.30 bits per heavy atom. The van der Waals surface area contributed by atoms with Gasteiger partial charge in [0.1, 0.15) is 0 Å². The molecule has 0 N–H and O–H groups in total. The summed E-state index contributed by atoms with van der Waals surface area (Å²) in [7, 11) is -3.31. The summed E-state index contributed by atoms with van der Waals surface area (Å²) in [6.45, 7) is 8.32. The number of carbonyl (C=O) groups excluding carboxylic acids is 1. The van der Waals surface area contributed by atoms with E-state index in [1.807, 2.05) is 4.90 Å². The molecule has 0 spiro atoms. The van der Waals surface area contributed by atoms with Crippen LogP contribution in [0, 0.1) is 13.8 Å². The second-order valence-electron chi connectivity index (χ2n) is 7.61. The molecule has 2 aliphatic rings. The Kier molecular flexibility index (Phi) is 6.42. The molecule has 0 radical (unpaired) electrons. The first-order valence-electron chi connectivity index (χ1n) is 9.95. The number of piperazine rings is 1. The molecule has 0 saturated carbocycles. The van der Waals surface area contributed by atoms with Crippen LogP contribution in [0.5, 0.6) is 0 Å². The molecule has 2 heterocycles. The molecule has 0 atom stereocenters. The van der Waals surface area contributed by atoms with E-state index in [0.717, 1.165) is 32.4 Å². The largest absolute Gasteiger partial charge is 0.368 e. The molecule has 150 valence electrons. The highest BCUT2D eigenvalue weighted by molar-refractivity contribution is 7.89. The molecule has 1 amide bonds. The Bertz CT molecular complexity index is 765. The summed E-state index contributed by atoms with van der Waals surface area (Å²) in [5.74, 6) is -0.112. The third-order valence-corrected chi connectivity index (χ3v) is 7.70. The van der Waals surface area contributed by atoms with E-state index in [9.17, 15) is 13.2 Å². The van der Waals surface area contributed by atoms with Gasteiger partial charge in [-0.15, -0.1) is 0 Å². The molecule has 3 rings (SSSR count). The average molecular weight is 394 g/mol. The Labute approximate surface area is 163 Å². The van der Waals surface area contributed by atoms with Crippen molar-refractivity contribution in [1.29, 1.82) is 0 Å². The van der Waals surface area contributed by atoms with Crippen LogP contribution in [0.2, 0.25) is 0 Å². The number of sulfonamides is 1. The predicted molar refractivity (Wildman–Crippen MR) is 109 cm³/mol. The molecule has 2 aliphatic heterocycles. The Morgan fingerprint density at radius 1 is 0.963 bits per heavy atom. The van der Waals surface area contributed by atoms with Gasteiger partial charge in [-0.1, -0.05) is 18.6 Å². The van der Waals surface area contributed by atoms with Gasteiger partial charge in [-0.3, -0.25) is 4.79 Å². The van der Waals surface area contributed by atoms with E-state index in [0.29, 0.717) is 26.2 Å². The number of carbonyl (C=O) groups is 1. The smallest absolute Gasteiger partial charge is 0.223 e. The second kappa shape index (κ2) is 8.61. The molecule has 0 bridgehead atoms. The lowest BCUT2D eigenvalue weighted by atomic mass is 10.1. The molecule has 6 nitrogen and oxygen atoms in total. The number of amides is 1. The van der Waals surface area contributed by atoms with Crippen LogP contribution in [0.25, 0.3) is 0 Å². The molecule has 0 aliphatic carbocycles. The average Bonchev–Trinajstić information content (AvgIpc) is 2.69. The topological polar surface area (TPSA) is 60.9 Å². The molecule has 2 fully saturated rings. The minimum absolute atomic E-state index is 0.0452. The summed E-state index contributed by atoms with van der Waals surface area (Å²) >= 11 is 0. The van der Waals surface area contributed by atoms with Gasteiger partial charge in [0.2, 0.25) is 15.9 Å². The first-order valence-corrected chi connectivity index (χ1v) is 11.6. The van der Waals surface area contributed by atoms with E-state index in [2.05, 4.69) is 36.9 Å². The number of benzene rings is 1. The first-order chi connectivity index (χ1) is 12.9. The van der Waals surface area contributed by atoms with Crippen LogP contribution in [0.4, 0.5) is 5.69 Å². The van der Waals surface area contributed by atoms with E-state index < -0.39 is 10.0 Å². The van der Waals surface area contributed by atoms with Gasteiger partial charge in [-0.2, -0.15) is 0 Å². The number of anilines is 1. The molecule has 2 saturated heterocycles. The number of nitrogens with zero attached hydrogens (tertiary/aromatic N) is 3. The number of hydrogen-bond acceptors (Lipinski definition) is 4. The second-order valence-corrected chi connectivity index (χ2v) is 9.70. The van der Waals surface area contributed by atoms with Crippen molar-refractivity contribution in [2.45, 2.75) is 39.5 Å². The van der Waals surface area contributed by atoms with Gasteiger partial charge in [0.15, 0.2) is 0 Å². The van der Waals surface area contributed by atoms with Crippen LogP contribution < -0.4 is 4.90 Å². The highest BCUT2D eigenvalue weighted by atomic mass is 32.2. The zero-order chi connectivity index (χ0) is 19.4. The third-order valence-electron chi connectivity index (χ3n) is 5.83. The van der Waals surface area contributed by atoms with Crippen LogP contribution in [0.1, 0.15) is 36.8 Å². The zero-order valence-corrected chi connectivity index (χ0v) is 17.3. The third kappa shape index (κ3) is 4.82. The maximum absolute atomic E-state index is 12.5. The van der Waals surface area contributed by atoms with Crippen LogP contribution >= 0.6 is 0 Å². The molecule has 27 heavy (non-hydrogen) atoms. The highest BCUT2D eigenvalue weighted by Crippen LogP contribution is 2.24. The summed E-state index contributed by atoms with van der Waals surface area (Å²) in [4.78, 5) is 16.6. The summed E-state index contributed by atoms with van der Waals surface area (Å²) in [5, 5.41) is 0. The first kappa shape index (κ1) is 20.1. The van der Waals surface area contributed by atoms with Crippen molar-refractivity contribution < 1.29 is 13.2 Å². The quantitative estimate of drug-likeness (QED) is 0.769. The molecule has 1 aromatic rings. The monoisotopic (exact) mass is 393 g/mol. The van der Waals surface area contributed by atoms with Gasteiger partial charge in [-0.05, 0) is 43.9 Å². The fourth-order valence-electron chi connectivity index (χ4n) is 3.92. The van der Waals surface area contributed by atoms with Crippen molar-refractivity contribution in [2.75, 3.05) is 49.9 Å². The van der Waals surface area contributed by atoms with Gasteiger partial charge in [-0.25, -0.2) is 12.7 Å². The van der Waals surface area contributed by atoms with Crippen LogP contribution in [-0.2, 0) is 14.8 Å². The van der Waals surface area contributed by atoms with Crippen LogP contribution in [-0.4, -0.2) is 68.6 Å². The standard InChI is InChI=1S/C20H31N3O3S/c1-17-7-6-8-19(18(17)2)21-12-14-22(15-13-21)20(24)9-16-27(25,26)23-10-4-3-5-11-23/h6-8H,3-5,9-16H2,1-2H3. The number of piperidine rings is 1. The highest BCUT2D eigenvalue weighted by Gasteiger charge is 2.27. The number of aryl methyl sites for hydroxylation is 1.